The topological polar surface area (TPSA) is 62.7 Å². The Hall–Kier alpha value is -1.88. The normalized spacial score (nSPS) is 16.6. The summed E-state index contributed by atoms with van der Waals surface area (Å²) in [6, 6.07) is 9.51. The van der Waals surface area contributed by atoms with Crippen molar-refractivity contribution in [2.24, 2.45) is 5.92 Å². The first-order valence-corrected chi connectivity index (χ1v) is 6.77. The van der Waals surface area contributed by atoms with Crippen LogP contribution in [0.2, 0.25) is 0 Å². The number of benzene rings is 1. The van der Waals surface area contributed by atoms with Gasteiger partial charge in [-0.3, -0.25) is 4.98 Å². The minimum Gasteiger partial charge on any atom is -0.317 e. The lowest BCUT2D eigenvalue weighted by Gasteiger charge is -2.21. The quantitative estimate of drug-likeness (QED) is 0.866. The number of aromatic amines is 1. The van der Waals surface area contributed by atoms with Crippen molar-refractivity contribution in [3.63, 3.8) is 0 Å². The van der Waals surface area contributed by atoms with E-state index in [1.807, 2.05) is 30.3 Å². The summed E-state index contributed by atoms with van der Waals surface area (Å²) in [7, 11) is 0. The SMILES string of the molecule is O=c1[nH]c(CC2CCNCC2)nn1-c1ccccc1. The van der Waals surface area contributed by atoms with Crippen LogP contribution < -0.4 is 11.0 Å². The molecule has 1 aromatic carbocycles. The maximum atomic E-state index is 11.9. The van der Waals surface area contributed by atoms with E-state index >= 15 is 0 Å². The number of hydrogen-bond acceptors (Lipinski definition) is 3. The highest BCUT2D eigenvalue weighted by Gasteiger charge is 2.16. The third kappa shape index (κ3) is 2.76. The van der Waals surface area contributed by atoms with Crippen LogP contribution in [-0.4, -0.2) is 27.9 Å². The van der Waals surface area contributed by atoms with Crippen LogP contribution >= 0.6 is 0 Å². The third-order valence-electron chi connectivity index (χ3n) is 3.61. The first-order chi connectivity index (χ1) is 9.33. The minimum absolute atomic E-state index is 0.157. The number of nitrogens with zero attached hydrogens (tertiary/aromatic N) is 2. The lowest BCUT2D eigenvalue weighted by Crippen LogP contribution is -2.28. The van der Waals surface area contributed by atoms with Crippen LogP contribution in [-0.2, 0) is 6.42 Å². The van der Waals surface area contributed by atoms with Crippen LogP contribution in [0.15, 0.2) is 35.1 Å². The molecule has 5 heteroatoms. The molecule has 0 bridgehead atoms. The maximum Gasteiger partial charge on any atom is 0.348 e. The average molecular weight is 258 g/mol. The zero-order valence-corrected chi connectivity index (χ0v) is 10.8. The van der Waals surface area contributed by atoms with Gasteiger partial charge in [0, 0.05) is 6.42 Å². The molecule has 0 spiro atoms. The van der Waals surface area contributed by atoms with Gasteiger partial charge in [-0.1, -0.05) is 18.2 Å². The second-order valence-electron chi connectivity index (χ2n) is 5.02. The van der Waals surface area contributed by atoms with Crippen molar-refractivity contribution in [3.05, 3.63) is 46.6 Å². The fraction of sp³-hybridized carbons (Fsp3) is 0.429. The number of piperidine rings is 1. The van der Waals surface area contributed by atoms with Crippen molar-refractivity contribution >= 4 is 0 Å². The number of para-hydroxylation sites is 1. The molecule has 1 aromatic heterocycles. The molecule has 0 aliphatic carbocycles. The van der Waals surface area contributed by atoms with Gasteiger partial charge in [0.05, 0.1) is 5.69 Å². The van der Waals surface area contributed by atoms with E-state index < -0.39 is 0 Å². The van der Waals surface area contributed by atoms with Crippen LogP contribution in [0.3, 0.4) is 0 Å². The minimum atomic E-state index is -0.157. The van der Waals surface area contributed by atoms with E-state index in [0.717, 1.165) is 43.9 Å². The molecular weight excluding hydrogens is 240 g/mol. The Morgan fingerprint density at radius 3 is 2.68 bits per heavy atom. The van der Waals surface area contributed by atoms with Crippen LogP contribution in [0, 0.1) is 5.92 Å². The molecule has 5 nitrogen and oxygen atoms in total. The Bertz CT molecular complexity index is 581. The molecule has 1 aliphatic heterocycles. The Morgan fingerprint density at radius 2 is 1.95 bits per heavy atom. The van der Waals surface area contributed by atoms with Gasteiger partial charge in [-0.2, -0.15) is 9.78 Å². The van der Waals surface area contributed by atoms with Gasteiger partial charge in [-0.15, -0.1) is 0 Å². The third-order valence-corrected chi connectivity index (χ3v) is 3.61. The van der Waals surface area contributed by atoms with Crippen molar-refractivity contribution < 1.29 is 0 Å². The van der Waals surface area contributed by atoms with Gasteiger partial charge in [0.1, 0.15) is 5.82 Å². The van der Waals surface area contributed by atoms with Crippen molar-refractivity contribution in [2.45, 2.75) is 19.3 Å². The first-order valence-electron chi connectivity index (χ1n) is 6.77. The smallest absolute Gasteiger partial charge is 0.317 e. The molecule has 0 saturated carbocycles. The zero-order valence-electron chi connectivity index (χ0n) is 10.8. The number of H-pyrrole nitrogens is 1. The molecule has 100 valence electrons. The summed E-state index contributed by atoms with van der Waals surface area (Å²) in [5, 5.41) is 7.75. The zero-order chi connectivity index (χ0) is 13.1. The Kier molecular flexibility index (Phi) is 3.46. The molecule has 2 heterocycles. The number of nitrogens with one attached hydrogen (secondary N) is 2. The second kappa shape index (κ2) is 5.40. The Labute approximate surface area is 111 Å². The standard InChI is InChI=1S/C14H18N4O/c19-14-16-13(10-11-6-8-15-9-7-11)17-18(14)12-4-2-1-3-5-12/h1-5,11,15H,6-10H2,(H,16,17,19). The fourth-order valence-electron chi connectivity index (χ4n) is 2.56. The van der Waals surface area contributed by atoms with Crippen LogP contribution in [0.1, 0.15) is 18.7 Å². The molecule has 2 aromatic rings. The first kappa shape index (κ1) is 12.2. The number of aromatic nitrogens is 3. The molecule has 1 aliphatic rings. The highest BCUT2D eigenvalue weighted by molar-refractivity contribution is 5.29. The molecular formula is C14H18N4O. The Balaban J connectivity index is 1.79. The van der Waals surface area contributed by atoms with Crippen LogP contribution in [0.4, 0.5) is 0 Å². The van der Waals surface area contributed by atoms with E-state index in [2.05, 4.69) is 15.4 Å². The molecule has 1 fully saturated rings. The molecule has 1 saturated heterocycles. The average Bonchev–Trinajstić information content (AvgIpc) is 2.82. The molecule has 0 amide bonds. The van der Waals surface area contributed by atoms with Gasteiger partial charge in [-0.25, -0.2) is 4.79 Å². The summed E-state index contributed by atoms with van der Waals surface area (Å²) in [6.45, 7) is 2.13. The fourth-order valence-corrected chi connectivity index (χ4v) is 2.56. The lowest BCUT2D eigenvalue weighted by molar-refractivity contribution is 0.367. The van der Waals surface area contributed by atoms with E-state index in [4.69, 9.17) is 0 Å². The van der Waals surface area contributed by atoms with Gasteiger partial charge in [0.15, 0.2) is 0 Å². The van der Waals surface area contributed by atoms with E-state index in [0.29, 0.717) is 5.92 Å². The van der Waals surface area contributed by atoms with Gasteiger partial charge >= 0.3 is 5.69 Å². The van der Waals surface area contributed by atoms with Gasteiger partial charge in [0.2, 0.25) is 0 Å². The van der Waals surface area contributed by atoms with Crippen LogP contribution in [0.5, 0.6) is 0 Å². The Morgan fingerprint density at radius 1 is 1.21 bits per heavy atom. The number of rotatable bonds is 3. The van der Waals surface area contributed by atoms with Crippen molar-refractivity contribution in [1.29, 1.82) is 0 Å². The predicted octanol–water partition coefficient (Wildman–Crippen LogP) is 1.10. The van der Waals surface area contributed by atoms with Crippen molar-refractivity contribution in [3.8, 4) is 5.69 Å². The van der Waals surface area contributed by atoms with Crippen molar-refractivity contribution in [2.75, 3.05) is 13.1 Å². The summed E-state index contributed by atoms with van der Waals surface area (Å²) >= 11 is 0. The van der Waals surface area contributed by atoms with Crippen molar-refractivity contribution in [1.82, 2.24) is 20.1 Å². The van der Waals surface area contributed by atoms with E-state index in [1.54, 1.807) is 0 Å². The summed E-state index contributed by atoms with van der Waals surface area (Å²) < 4.78 is 1.44. The van der Waals surface area contributed by atoms with Gasteiger partial charge in [0.25, 0.3) is 0 Å². The molecule has 3 rings (SSSR count). The second-order valence-corrected chi connectivity index (χ2v) is 5.02. The van der Waals surface area contributed by atoms with Crippen LogP contribution in [0.25, 0.3) is 5.69 Å². The largest absolute Gasteiger partial charge is 0.348 e. The molecule has 0 radical (unpaired) electrons. The molecule has 19 heavy (non-hydrogen) atoms. The monoisotopic (exact) mass is 258 g/mol. The highest BCUT2D eigenvalue weighted by Crippen LogP contribution is 2.15. The molecule has 0 atom stereocenters. The molecule has 0 unspecified atom stereocenters. The summed E-state index contributed by atoms with van der Waals surface area (Å²) in [4.78, 5) is 14.8. The van der Waals surface area contributed by atoms with E-state index in [1.165, 1.54) is 4.68 Å². The van der Waals surface area contributed by atoms with Gasteiger partial charge in [-0.05, 0) is 44.0 Å². The van der Waals surface area contributed by atoms with E-state index in [-0.39, 0.29) is 5.69 Å². The predicted molar refractivity (Wildman–Crippen MR) is 73.5 cm³/mol. The maximum absolute atomic E-state index is 11.9. The van der Waals surface area contributed by atoms with E-state index in [9.17, 15) is 4.79 Å². The number of hydrogen-bond donors (Lipinski definition) is 2. The summed E-state index contributed by atoms with van der Waals surface area (Å²) in [6.07, 6.45) is 3.16. The molecule has 2 N–H and O–H groups in total. The highest BCUT2D eigenvalue weighted by atomic mass is 16.1. The lowest BCUT2D eigenvalue weighted by atomic mass is 9.94. The van der Waals surface area contributed by atoms with Gasteiger partial charge < -0.3 is 5.32 Å². The summed E-state index contributed by atoms with van der Waals surface area (Å²) in [5.41, 5.74) is 0.649. The summed E-state index contributed by atoms with van der Waals surface area (Å²) in [5.74, 6) is 1.41.